The van der Waals surface area contributed by atoms with Crippen molar-refractivity contribution in [1.29, 1.82) is 0 Å². The maximum absolute atomic E-state index is 7.00. The van der Waals surface area contributed by atoms with Crippen LogP contribution in [0.3, 0.4) is 0 Å². The van der Waals surface area contributed by atoms with E-state index in [2.05, 4.69) is 0 Å². The molecule has 0 radical (unpaired) electrons. The molecule has 0 bridgehead atoms. The van der Waals surface area contributed by atoms with Crippen LogP contribution in [0.25, 0.3) is 0 Å². The molecule has 0 amide bonds. The van der Waals surface area contributed by atoms with E-state index in [-0.39, 0.29) is 48.7 Å². The summed E-state index contributed by atoms with van der Waals surface area (Å²) in [6.07, 6.45) is 0. The molecule has 3 nitrogen and oxygen atoms in total. The SMILES string of the molecule is CO.[Li+].[Li+].[OH-].[OH-]. The molecule has 0 aliphatic heterocycles. The molecule has 0 saturated carbocycles. The summed E-state index contributed by atoms with van der Waals surface area (Å²) in [7, 11) is 1.00. The van der Waals surface area contributed by atoms with Crippen molar-refractivity contribution in [2.75, 3.05) is 7.11 Å². The van der Waals surface area contributed by atoms with Crippen molar-refractivity contribution in [3.8, 4) is 0 Å². The molecule has 0 unspecified atom stereocenters. The quantitative estimate of drug-likeness (QED) is 0.293. The van der Waals surface area contributed by atoms with Crippen molar-refractivity contribution >= 4 is 0 Å². The Morgan fingerprint density at radius 3 is 0.833 bits per heavy atom. The van der Waals surface area contributed by atoms with Crippen LogP contribution >= 0.6 is 0 Å². The van der Waals surface area contributed by atoms with Gasteiger partial charge in [-0.05, 0) is 0 Å². The molecule has 0 aromatic rings. The third kappa shape index (κ3) is 72.9. The summed E-state index contributed by atoms with van der Waals surface area (Å²) in [5.41, 5.74) is 0. The van der Waals surface area contributed by atoms with Crippen molar-refractivity contribution in [1.82, 2.24) is 0 Å². The van der Waals surface area contributed by atoms with Gasteiger partial charge in [0.2, 0.25) is 0 Å². The minimum Gasteiger partial charge on any atom is -0.870 e. The van der Waals surface area contributed by atoms with Crippen molar-refractivity contribution in [3.63, 3.8) is 0 Å². The molecule has 6 heavy (non-hydrogen) atoms. The van der Waals surface area contributed by atoms with Crippen LogP contribution in [0.2, 0.25) is 0 Å². The molecule has 0 heterocycles. The predicted molar refractivity (Wildman–Crippen MR) is 12.0 cm³/mol. The van der Waals surface area contributed by atoms with Gasteiger partial charge >= 0.3 is 37.7 Å². The maximum atomic E-state index is 7.00. The van der Waals surface area contributed by atoms with Crippen molar-refractivity contribution in [2.45, 2.75) is 0 Å². The van der Waals surface area contributed by atoms with Crippen molar-refractivity contribution < 1.29 is 53.8 Å². The van der Waals surface area contributed by atoms with E-state index in [1.165, 1.54) is 0 Å². The second-order valence-corrected chi connectivity index (χ2v) is 0. The summed E-state index contributed by atoms with van der Waals surface area (Å²) in [4.78, 5) is 0. The van der Waals surface area contributed by atoms with Gasteiger partial charge in [0.15, 0.2) is 0 Å². The minimum absolute atomic E-state index is 0. The predicted octanol–water partition coefficient (Wildman–Crippen LogP) is -6.74. The van der Waals surface area contributed by atoms with Crippen LogP contribution in [-0.4, -0.2) is 23.2 Å². The fourth-order valence-electron chi connectivity index (χ4n) is 0. The molecule has 0 spiro atoms. The average Bonchev–Trinajstić information content (AvgIpc) is 1.00. The molecule has 0 fully saturated rings. The van der Waals surface area contributed by atoms with Crippen LogP contribution in [0.4, 0.5) is 0 Å². The Morgan fingerprint density at radius 2 is 0.833 bits per heavy atom. The average molecular weight is 79.9 g/mol. The van der Waals surface area contributed by atoms with Gasteiger partial charge in [0.1, 0.15) is 0 Å². The standard InChI is InChI=1S/CH4O.2Li.2H2O/c1-2;;;;/h2H,1H3;;;2*1H2/q;2*+1;;/p-2. The second kappa shape index (κ2) is 135. The molecular formula is CH6Li2O3. The molecule has 0 aliphatic carbocycles. The number of aliphatic hydroxyl groups excluding tert-OH is 1. The Bertz CT molecular complexity index is 8.75. The molecule has 0 atom stereocenters. The first-order chi connectivity index (χ1) is 1.00. The fourth-order valence-corrected chi connectivity index (χ4v) is 0. The number of hydrogen-bond donors (Lipinski definition) is 1. The molecule has 0 saturated heterocycles. The summed E-state index contributed by atoms with van der Waals surface area (Å²) >= 11 is 0. The third-order valence-corrected chi connectivity index (χ3v) is 0. The topological polar surface area (TPSA) is 80.2 Å². The number of hydrogen-bond acceptors (Lipinski definition) is 3. The van der Waals surface area contributed by atoms with E-state index in [1.54, 1.807) is 0 Å². The Hall–Kier alpha value is 1.07. The monoisotopic (exact) mass is 80.1 g/mol. The van der Waals surface area contributed by atoms with E-state index in [9.17, 15) is 0 Å². The minimum atomic E-state index is 0. The third-order valence-electron chi connectivity index (χ3n) is 0. The Kier molecular flexibility index (Phi) is 1370. The Labute approximate surface area is 61.1 Å². The van der Waals surface area contributed by atoms with E-state index in [0.29, 0.717) is 0 Å². The summed E-state index contributed by atoms with van der Waals surface area (Å²) in [5, 5.41) is 7.00. The van der Waals surface area contributed by atoms with E-state index in [1.807, 2.05) is 0 Å². The summed E-state index contributed by atoms with van der Waals surface area (Å²) in [6, 6.07) is 0. The molecule has 0 aliphatic rings. The summed E-state index contributed by atoms with van der Waals surface area (Å²) < 4.78 is 0. The second-order valence-electron chi connectivity index (χ2n) is 0. The first-order valence-electron chi connectivity index (χ1n) is 0.447. The summed E-state index contributed by atoms with van der Waals surface area (Å²) in [5.74, 6) is 0. The van der Waals surface area contributed by atoms with Crippen LogP contribution in [0.5, 0.6) is 0 Å². The van der Waals surface area contributed by atoms with Crippen LogP contribution in [0, 0.1) is 0 Å². The number of aliphatic hydroxyl groups is 1. The van der Waals surface area contributed by atoms with E-state index < -0.39 is 0 Å². The molecule has 0 aromatic heterocycles. The van der Waals surface area contributed by atoms with Crippen molar-refractivity contribution in [2.24, 2.45) is 0 Å². The summed E-state index contributed by atoms with van der Waals surface area (Å²) in [6.45, 7) is 0. The van der Waals surface area contributed by atoms with Gasteiger partial charge < -0.3 is 16.1 Å². The smallest absolute Gasteiger partial charge is 0.870 e. The van der Waals surface area contributed by atoms with Crippen LogP contribution in [-0.2, 0) is 0 Å². The molecule has 3 N–H and O–H groups in total. The van der Waals surface area contributed by atoms with Crippen LogP contribution in [0.15, 0.2) is 0 Å². The molecular weight excluding hydrogens is 73.9 g/mol. The van der Waals surface area contributed by atoms with Gasteiger partial charge in [-0.15, -0.1) is 0 Å². The number of rotatable bonds is 0. The van der Waals surface area contributed by atoms with Gasteiger partial charge in [-0.25, -0.2) is 0 Å². The van der Waals surface area contributed by atoms with Crippen molar-refractivity contribution in [3.05, 3.63) is 0 Å². The van der Waals surface area contributed by atoms with Gasteiger partial charge in [0.25, 0.3) is 0 Å². The van der Waals surface area contributed by atoms with E-state index in [0.717, 1.165) is 7.11 Å². The van der Waals surface area contributed by atoms with Crippen LogP contribution in [0.1, 0.15) is 0 Å². The Morgan fingerprint density at radius 1 is 0.833 bits per heavy atom. The zero-order valence-electron chi connectivity index (χ0n) is 4.34. The van der Waals surface area contributed by atoms with Crippen LogP contribution < -0.4 is 37.7 Å². The van der Waals surface area contributed by atoms with Gasteiger partial charge in [-0.2, -0.15) is 0 Å². The van der Waals surface area contributed by atoms with E-state index in [4.69, 9.17) is 5.11 Å². The zero-order valence-corrected chi connectivity index (χ0v) is 4.34. The molecule has 0 rings (SSSR count). The van der Waals surface area contributed by atoms with E-state index >= 15 is 0 Å². The largest absolute Gasteiger partial charge is 1.00 e. The fraction of sp³-hybridized carbons (Fsp3) is 1.00. The first-order valence-corrected chi connectivity index (χ1v) is 0.447. The first kappa shape index (κ1) is 60.6. The molecule has 0 aromatic carbocycles. The van der Waals surface area contributed by atoms with Gasteiger partial charge in [0.05, 0.1) is 0 Å². The zero-order chi connectivity index (χ0) is 2.00. The maximum Gasteiger partial charge on any atom is 1.00 e. The van der Waals surface area contributed by atoms with Gasteiger partial charge in [-0.1, -0.05) is 0 Å². The Balaban J connectivity index is -0.000000000833. The molecule has 30 valence electrons. The van der Waals surface area contributed by atoms with Gasteiger partial charge in [-0.3, -0.25) is 0 Å². The normalized spacial score (nSPS) is 1.00. The van der Waals surface area contributed by atoms with Gasteiger partial charge in [0, 0.05) is 7.11 Å². The molecule has 5 heteroatoms.